The molecule has 0 saturated carbocycles. The average Bonchev–Trinajstić information content (AvgIpc) is 3.49. The molecular formula is C28H29N5OS. The van der Waals surface area contributed by atoms with Crippen LogP contribution in [0.15, 0.2) is 76.7 Å². The maximum atomic E-state index is 13.0. The van der Waals surface area contributed by atoms with Crippen LogP contribution in [0, 0.1) is 0 Å². The van der Waals surface area contributed by atoms with E-state index in [1.54, 1.807) is 0 Å². The molecular weight excluding hydrogens is 454 g/mol. The number of guanidine groups is 1. The van der Waals surface area contributed by atoms with Crippen molar-refractivity contribution in [1.82, 2.24) is 4.90 Å². The van der Waals surface area contributed by atoms with Crippen LogP contribution in [0.2, 0.25) is 0 Å². The molecule has 178 valence electrons. The number of nitrogens with two attached hydrogens (primary N) is 1. The molecule has 0 aliphatic carbocycles. The number of anilines is 1. The van der Waals surface area contributed by atoms with Crippen LogP contribution in [-0.4, -0.2) is 42.1 Å². The van der Waals surface area contributed by atoms with Crippen molar-refractivity contribution in [2.75, 3.05) is 18.4 Å². The van der Waals surface area contributed by atoms with Crippen LogP contribution in [0.1, 0.15) is 44.1 Å². The Hall–Kier alpha value is -3.55. The molecule has 1 fully saturated rings. The Morgan fingerprint density at radius 2 is 1.97 bits per heavy atom. The fraction of sp³-hybridized carbons (Fsp3) is 0.250. The predicted molar refractivity (Wildman–Crippen MR) is 145 cm³/mol. The first-order valence-electron chi connectivity index (χ1n) is 11.9. The van der Waals surface area contributed by atoms with Crippen molar-refractivity contribution in [1.29, 1.82) is 0 Å². The molecule has 0 radical (unpaired) electrons. The predicted octanol–water partition coefficient (Wildman–Crippen LogP) is 4.97. The highest BCUT2D eigenvalue weighted by molar-refractivity contribution is 7.15. The van der Waals surface area contributed by atoms with Gasteiger partial charge in [0.15, 0.2) is 0 Å². The van der Waals surface area contributed by atoms with Crippen LogP contribution in [0.4, 0.5) is 5.69 Å². The smallest absolute Gasteiger partial charge is 0.264 e. The average molecular weight is 484 g/mol. The van der Waals surface area contributed by atoms with E-state index in [0.29, 0.717) is 25.5 Å². The number of fused-ring (bicyclic) bond motifs is 1. The summed E-state index contributed by atoms with van der Waals surface area (Å²) in [6.07, 6.45) is 8.42. The van der Waals surface area contributed by atoms with Gasteiger partial charge in [-0.1, -0.05) is 48.5 Å². The lowest BCUT2D eigenvalue weighted by Gasteiger charge is -2.14. The van der Waals surface area contributed by atoms with Crippen molar-refractivity contribution in [2.24, 2.45) is 15.7 Å². The normalized spacial score (nSPS) is 21.0. The van der Waals surface area contributed by atoms with Crippen LogP contribution in [-0.2, 0) is 13.0 Å². The number of hydrogen-bond donors (Lipinski definition) is 2. The van der Waals surface area contributed by atoms with E-state index in [1.165, 1.54) is 22.5 Å². The second kappa shape index (κ2) is 10.8. The summed E-state index contributed by atoms with van der Waals surface area (Å²) >= 11 is 1.53. The summed E-state index contributed by atoms with van der Waals surface area (Å²) in [6, 6.07) is 20.8. The summed E-state index contributed by atoms with van der Waals surface area (Å²) in [5.74, 6) is 0.625. The van der Waals surface area contributed by atoms with E-state index >= 15 is 0 Å². The summed E-state index contributed by atoms with van der Waals surface area (Å²) in [5.41, 5.74) is 10.5. The van der Waals surface area contributed by atoms with E-state index in [4.69, 9.17) is 10.7 Å². The number of hydrogen-bond acceptors (Lipinski definition) is 6. The number of thiophene rings is 1. The number of benzene rings is 2. The molecule has 5 rings (SSSR count). The third-order valence-corrected chi connectivity index (χ3v) is 7.25. The first-order valence-corrected chi connectivity index (χ1v) is 12.8. The quantitative estimate of drug-likeness (QED) is 0.550. The molecule has 3 aromatic rings. The monoisotopic (exact) mass is 483 g/mol. The number of likely N-dealkylation sites (tertiary alicyclic amines) is 1. The molecule has 3 heterocycles. The Morgan fingerprint density at radius 3 is 2.80 bits per heavy atom. The van der Waals surface area contributed by atoms with Gasteiger partial charge < -0.3 is 16.0 Å². The van der Waals surface area contributed by atoms with Gasteiger partial charge in [-0.25, -0.2) is 9.98 Å². The molecule has 6 nitrogen and oxygen atoms in total. The second-order valence-corrected chi connectivity index (χ2v) is 9.96. The first-order chi connectivity index (χ1) is 17.1. The van der Waals surface area contributed by atoms with E-state index in [9.17, 15) is 4.79 Å². The van der Waals surface area contributed by atoms with Gasteiger partial charge in [0.1, 0.15) is 0 Å². The van der Waals surface area contributed by atoms with Gasteiger partial charge in [0.05, 0.1) is 11.4 Å². The molecule has 1 aromatic heterocycles. The van der Waals surface area contributed by atoms with E-state index in [2.05, 4.69) is 58.9 Å². The molecule has 2 aliphatic rings. The number of amides is 1. The van der Waals surface area contributed by atoms with Crippen molar-refractivity contribution < 1.29 is 4.79 Å². The van der Waals surface area contributed by atoms with Gasteiger partial charge >= 0.3 is 0 Å². The number of nitrogens with zero attached hydrogens (tertiary/aromatic N) is 3. The highest BCUT2D eigenvalue weighted by Gasteiger charge is 2.26. The van der Waals surface area contributed by atoms with E-state index in [1.807, 2.05) is 35.4 Å². The minimum Gasteiger partial charge on any atom is -0.336 e. The minimum absolute atomic E-state index is 0.0625. The standard InChI is InChI=1S/C28H29N5OS/c29-23-12-14-33(19-23)27(34)26-17-22-18-31-28(30-13-5-4-11-25(22)35-26)32-24-10-6-9-21(16-24)15-20-7-2-1-3-8-20/h1-4,6-11,13,16-17,23H,5,12,14-15,18-19,29H2,(H,31,32)/b11-4-,30-13-. The lowest BCUT2D eigenvalue weighted by Crippen LogP contribution is -2.31. The van der Waals surface area contributed by atoms with E-state index in [-0.39, 0.29) is 11.9 Å². The fourth-order valence-electron chi connectivity index (χ4n) is 4.31. The van der Waals surface area contributed by atoms with Crippen molar-refractivity contribution in [3.05, 3.63) is 93.2 Å². The minimum atomic E-state index is 0.0625. The van der Waals surface area contributed by atoms with Gasteiger partial charge in [-0.15, -0.1) is 11.3 Å². The van der Waals surface area contributed by atoms with Crippen molar-refractivity contribution in [3.63, 3.8) is 0 Å². The maximum Gasteiger partial charge on any atom is 0.264 e. The Kier molecular flexibility index (Phi) is 7.16. The number of allylic oxidation sites excluding steroid dienone is 1. The van der Waals surface area contributed by atoms with Gasteiger partial charge in [-0.3, -0.25) is 4.79 Å². The third-order valence-electron chi connectivity index (χ3n) is 6.12. The molecule has 7 heteroatoms. The Bertz CT molecular complexity index is 1280. The van der Waals surface area contributed by atoms with Crippen LogP contribution < -0.4 is 11.1 Å². The Morgan fingerprint density at radius 1 is 1.11 bits per heavy atom. The zero-order chi connectivity index (χ0) is 24.0. The first kappa shape index (κ1) is 23.2. The highest BCUT2D eigenvalue weighted by Crippen LogP contribution is 2.28. The SMILES string of the molecule is NC1CCN(C(=O)c2cc3c(s2)/C=C\C/C=N\C(Nc2cccc(Cc4ccccc4)c2)=N/C3)C1. The van der Waals surface area contributed by atoms with Crippen LogP contribution in [0.3, 0.4) is 0 Å². The van der Waals surface area contributed by atoms with Gasteiger partial charge in [0, 0.05) is 42.3 Å². The molecule has 35 heavy (non-hydrogen) atoms. The largest absolute Gasteiger partial charge is 0.336 e. The molecule has 0 spiro atoms. The third kappa shape index (κ3) is 5.93. The van der Waals surface area contributed by atoms with Gasteiger partial charge in [-0.2, -0.15) is 0 Å². The van der Waals surface area contributed by atoms with Crippen molar-refractivity contribution >= 4 is 41.2 Å². The van der Waals surface area contributed by atoms with Crippen molar-refractivity contribution in [3.8, 4) is 0 Å². The number of nitrogens with one attached hydrogen (secondary N) is 1. The number of carbonyl (C=O) groups is 1. The molecule has 1 amide bonds. The van der Waals surface area contributed by atoms with E-state index < -0.39 is 0 Å². The molecule has 1 unspecified atom stereocenters. The van der Waals surface area contributed by atoms with Crippen LogP contribution >= 0.6 is 11.3 Å². The Labute approximate surface area is 209 Å². The number of rotatable bonds is 4. The molecule has 0 bridgehead atoms. The van der Waals surface area contributed by atoms with Gasteiger partial charge in [-0.05, 0) is 53.8 Å². The van der Waals surface area contributed by atoms with Gasteiger partial charge in [0.25, 0.3) is 5.91 Å². The van der Waals surface area contributed by atoms with E-state index in [0.717, 1.165) is 40.4 Å². The van der Waals surface area contributed by atoms with Crippen LogP contribution in [0.5, 0.6) is 0 Å². The molecule has 3 N–H and O–H groups in total. The summed E-state index contributed by atoms with van der Waals surface area (Å²) in [6.45, 7) is 1.80. The summed E-state index contributed by atoms with van der Waals surface area (Å²) in [4.78, 5) is 25.9. The number of carbonyl (C=O) groups excluding carboxylic acids is 1. The number of aliphatic imine (C=N–C) groups is 2. The topological polar surface area (TPSA) is 83.1 Å². The summed E-state index contributed by atoms with van der Waals surface area (Å²) in [5, 5.41) is 3.38. The maximum absolute atomic E-state index is 13.0. The lowest BCUT2D eigenvalue weighted by molar-refractivity contribution is 0.0795. The van der Waals surface area contributed by atoms with Crippen molar-refractivity contribution in [2.45, 2.75) is 31.8 Å². The summed E-state index contributed by atoms with van der Waals surface area (Å²) in [7, 11) is 0. The molecule has 2 aliphatic heterocycles. The van der Waals surface area contributed by atoms with Crippen LogP contribution in [0.25, 0.3) is 6.08 Å². The van der Waals surface area contributed by atoms with Gasteiger partial charge in [0.2, 0.25) is 5.96 Å². The summed E-state index contributed by atoms with van der Waals surface area (Å²) < 4.78 is 0. The lowest BCUT2D eigenvalue weighted by atomic mass is 10.0. The molecule has 1 saturated heterocycles. The fourth-order valence-corrected chi connectivity index (χ4v) is 5.38. The highest BCUT2D eigenvalue weighted by atomic mass is 32.1. The zero-order valence-electron chi connectivity index (χ0n) is 19.6. The zero-order valence-corrected chi connectivity index (χ0v) is 20.4. The molecule has 2 aromatic carbocycles. The Balaban J connectivity index is 1.32. The second-order valence-electron chi connectivity index (χ2n) is 8.88. The molecule has 1 atom stereocenters.